The number of aromatic nitrogens is 1. The van der Waals surface area contributed by atoms with E-state index in [0.717, 1.165) is 11.4 Å². The van der Waals surface area contributed by atoms with Crippen molar-refractivity contribution in [1.29, 1.82) is 0 Å². The van der Waals surface area contributed by atoms with Crippen LogP contribution in [0.1, 0.15) is 25.0 Å². The first-order valence-corrected chi connectivity index (χ1v) is 22.1. The van der Waals surface area contributed by atoms with Gasteiger partial charge in [-0.2, -0.15) is 0 Å². The van der Waals surface area contributed by atoms with Crippen LogP contribution in [0.4, 0.5) is 28.4 Å². The first kappa shape index (κ1) is 34.8. The minimum atomic E-state index is -0.0998. The molecule has 3 aliphatic rings. The van der Waals surface area contributed by atoms with Crippen LogP contribution in [0.25, 0.3) is 71.3 Å². The van der Waals surface area contributed by atoms with Gasteiger partial charge in [0.1, 0.15) is 0 Å². The Balaban J connectivity index is 1.18. The lowest BCUT2D eigenvalue weighted by Crippen LogP contribution is -2.60. The molecule has 294 valence electrons. The Hall–Kier alpha value is -7.82. The lowest BCUT2D eigenvalue weighted by atomic mass is 9.44. The van der Waals surface area contributed by atoms with Gasteiger partial charge in [-0.15, -0.1) is 0 Å². The summed E-state index contributed by atoms with van der Waals surface area (Å²) in [6.45, 7) is 4.68. The smallest absolute Gasteiger partial charge is 0.333 e. The fourth-order valence-corrected chi connectivity index (χ4v) is 11.8. The maximum atomic E-state index is 2.60. The highest BCUT2D eigenvalue weighted by atomic mass is 15.2. The predicted molar refractivity (Wildman–Crippen MR) is 267 cm³/mol. The van der Waals surface area contributed by atoms with Crippen LogP contribution < -0.4 is 20.6 Å². The molecule has 0 radical (unpaired) electrons. The maximum Gasteiger partial charge on any atom is 0.333 e. The first-order valence-electron chi connectivity index (χ1n) is 22.1. The highest BCUT2D eigenvalue weighted by Gasteiger charge is 2.45. The molecule has 3 heterocycles. The zero-order valence-electron chi connectivity index (χ0n) is 35.0. The highest BCUT2D eigenvalue weighted by Crippen LogP contribution is 2.54. The average molecular weight is 802 g/mol. The second kappa shape index (κ2) is 12.6. The summed E-state index contributed by atoms with van der Waals surface area (Å²) in [6, 6.07) is 77.3. The quantitative estimate of drug-likeness (QED) is 0.164. The van der Waals surface area contributed by atoms with Gasteiger partial charge in [-0.3, -0.25) is 0 Å². The van der Waals surface area contributed by atoms with Crippen molar-refractivity contribution in [2.24, 2.45) is 0 Å². The topological polar surface area (TPSA) is 11.4 Å². The van der Waals surface area contributed by atoms with Crippen LogP contribution in [0, 0.1) is 0 Å². The van der Waals surface area contributed by atoms with Gasteiger partial charge < -0.3 is 14.3 Å². The summed E-state index contributed by atoms with van der Waals surface area (Å²) < 4.78 is 2.60. The molecule has 0 unspecified atom stereocenters. The molecule has 11 aromatic rings. The molecule has 0 spiro atoms. The average Bonchev–Trinajstić information content (AvgIpc) is 3.81. The molecule has 10 aromatic carbocycles. The van der Waals surface area contributed by atoms with Crippen molar-refractivity contribution < 1.29 is 0 Å². The van der Waals surface area contributed by atoms with E-state index in [-0.39, 0.29) is 12.3 Å². The Morgan fingerprint density at radius 1 is 0.460 bits per heavy atom. The Bertz CT molecular complexity index is 3750. The van der Waals surface area contributed by atoms with Crippen LogP contribution in [0.5, 0.6) is 0 Å². The summed E-state index contributed by atoms with van der Waals surface area (Å²) >= 11 is 0. The number of anilines is 5. The summed E-state index contributed by atoms with van der Waals surface area (Å²) in [5, 5.41) is 7.49. The highest BCUT2D eigenvalue weighted by molar-refractivity contribution is 6.93. The van der Waals surface area contributed by atoms with Gasteiger partial charge in [-0.05, 0) is 121 Å². The molecule has 0 amide bonds. The number of nitrogens with zero attached hydrogens (tertiary/aromatic N) is 3. The molecule has 63 heavy (non-hydrogen) atoms. The number of hydrogen-bond acceptors (Lipinski definition) is 2. The van der Waals surface area contributed by atoms with E-state index < -0.39 is 0 Å². The van der Waals surface area contributed by atoms with Gasteiger partial charge in [0.25, 0.3) is 0 Å². The second-order valence-corrected chi connectivity index (χ2v) is 18.0. The third-order valence-electron chi connectivity index (χ3n) is 14.5. The van der Waals surface area contributed by atoms with E-state index in [2.05, 4.69) is 234 Å². The van der Waals surface area contributed by atoms with Gasteiger partial charge in [0, 0.05) is 50.2 Å². The van der Waals surface area contributed by atoms with E-state index in [9.17, 15) is 0 Å². The minimum Gasteiger partial charge on any atom is -0.376 e. The number of benzene rings is 10. The Morgan fingerprint density at radius 3 is 1.98 bits per heavy atom. The van der Waals surface area contributed by atoms with Gasteiger partial charge in [0.2, 0.25) is 0 Å². The Kier molecular flexibility index (Phi) is 6.98. The molecule has 1 aromatic heterocycles. The van der Waals surface area contributed by atoms with Gasteiger partial charge in [-0.25, -0.2) is 0 Å². The Morgan fingerprint density at radius 2 is 1.11 bits per heavy atom. The van der Waals surface area contributed by atoms with Crippen molar-refractivity contribution in [3.63, 3.8) is 0 Å². The lowest BCUT2D eigenvalue weighted by Gasteiger charge is -2.42. The summed E-state index contributed by atoms with van der Waals surface area (Å²) in [5.74, 6) is 0. The molecule has 0 bridgehead atoms. The molecule has 2 aliphatic heterocycles. The van der Waals surface area contributed by atoms with Crippen molar-refractivity contribution in [1.82, 2.24) is 4.57 Å². The molecule has 0 fully saturated rings. The predicted octanol–water partition coefficient (Wildman–Crippen LogP) is 14.1. The summed E-state index contributed by atoms with van der Waals surface area (Å²) in [4.78, 5) is 5.17. The molecule has 4 heteroatoms. The molecule has 3 nitrogen and oxygen atoms in total. The van der Waals surface area contributed by atoms with E-state index >= 15 is 0 Å². The molecule has 0 saturated carbocycles. The second-order valence-electron chi connectivity index (χ2n) is 18.0. The van der Waals surface area contributed by atoms with Gasteiger partial charge in [-0.1, -0.05) is 159 Å². The number of rotatable bonds is 4. The molecular formula is C59H40BN3. The number of fused-ring (bicyclic) bond motifs is 14. The standard InChI is InChI=1S/C59H40BN3/c1-59(2)48-24-12-10-22-44(48)46-35-42(31-32-49(46)59)61(41-30-28-37-16-6-7-18-39(37)34-41)54-36-47-45-23-11-14-26-51(45)63(40-19-4-3-5-20-40)60-50-25-13-15-27-52(50)62-53-33-29-38-17-8-9-21-43(38)55(53)56(54)58(62)57(47)60/h3-36H,1-2H3. The molecule has 14 rings (SSSR count). The van der Waals surface area contributed by atoms with Crippen LogP contribution in [0.2, 0.25) is 0 Å². The van der Waals surface area contributed by atoms with E-state index in [1.807, 2.05) is 0 Å². The van der Waals surface area contributed by atoms with E-state index in [1.165, 1.54) is 110 Å². The first-order chi connectivity index (χ1) is 31.0. The number of hydrogen-bond donors (Lipinski definition) is 0. The van der Waals surface area contributed by atoms with Crippen molar-refractivity contribution in [3.8, 4) is 27.9 Å². The summed E-state index contributed by atoms with van der Waals surface area (Å²) in [7, 11) is 0. The fraction of sp³-hybridized carbons (Fsp3) is 0.0508. The van der Waals surface area contributed by atoms with Crippen LogP contribution in [-0.4, -0.2) is 11.4 Å². The summed E-state index contributed by atoms with van der Waals surface area (Å²) in [6.07, 6.45) is 0. The van der Waals surface area contributed by atoms with E-state index in [0.29, 0.717) is 0 Å². The lowest BCUT2D eigenvalue weighted by molar-refractivity contribution is 0.660. The third-order valence-corrected chi connectivity index (χ3v) is 14.5. The fourth-order valence-electron chi connectivity index (χ4n) is 11.8. The van der Waals surface area contributed by atoms with E-state index in [1.54, 1.807) is 0 Å². The molecule has 0 saturated heterocycles. The zero-order chi connectivity index (χ0) is 41.6. The third kappa shape index (κ3) is 4.65. The molecule has 0 N–H and O–H groups in total. The van der Waals surface area contributed by atoms with Crippen molar-refractivity contribution >= 4 is 89.6 Å². The monoisotopic (exact) mass is 801 g/mol. The molecular weight excluding hydrogens is 761 g/mol. The number of para-hydroxylation sites is 3. The van der Waals surface area contributed by atoms with Gasteiger partial charge in [0.15, 0.2) is 0 Å². The molecule has 0 atom stereocenters. The van der Waals surface area contributed by atoms with Crippen LogP contribution >= 0.6 is 0 Å². The largest absolute Gasteiger partial charge is 0.376 e. The Labute approximate surface area is 366 Å². The van der Waals surface area contributed by atoms with Crippen molar-refractivity contribution in [3.05, 3.63) is 217 Å². The SMILES string of the molecule is CC1(C)c2ccccc2-c2cc(N(c3ccc4ccccc4c3)c3cc4c5c6c3c3c7ccccc7ccc3n6-c3ccccc3B5N(c3ccccc3)c3ccccc3-4)ccc21. The normalized spacial score (nSPS) is 13.9. The zero-order valence-corrected chi connectivity index (χ0v) is 35.0. The van der Waals surface area contributed by atoms with Crippen LogP contribution in [0.3, 0.4) is 0 Å². The minimum absolute atomic E-state index is 0.0547. The van der Waals surface area contributed by atoms with Crippen LogP contribution in [-0.2, 0) is 5.41 Å². The van der Waals surface area contributed by atoms with Crippen molar-refractivity contribution in [2.75, 3.05) is 9.71 Å². The molecule has 1 aliphatic carbocycles. The van der Waals surface area contributed by atoms with Crippen LogP contribution in [0.15, 0.2) is 206 Å². The van der Waals surface area contributed by atoms with Gasteiger partial charge >= 0.3 is 6.85 Å². The summed E-state index contributed by atoms with van der Waals surface area (Å²) in [5.41, 5.74) is 20.0. The maximum absolute atomic E-state index is 2.60. The van der Waals surface area contributed by atoms with Crippen molar-refractivity contribution in [2.45, 2.75) is 19.3 Å². The van der Waals surface area contributed by atoms with Gasteiger partial charge in [0.05, 0.1) is 16.7 Å². The van der Waals surface area contributed by atoms with E-state index in [4.69, 9.17) is 0 Å².